The lowest BCUT2D eigenvalue weighted by molar-refractivity contribution is 0.358. The molecular formula is C15H23N3O2S. The molecule has 0 bridgehead atoms. The minimum Gasteiger partial charge on any atom is -0.320 e. The second-order valence-electron chi connectivity index (χ2n) is 5.11. The molecule has 0 amide bonds. The number of hydrogen-bond acceptors (Lipinski definition) is 4. The van der Waals surface area contributed by atoms with E-state index < -0.39 is 10.0 Å². The van der Waals surface area contributed by atoms with Gasteiger partial charge < -0.3 is 10.6 Å². The van der Waals surface area contributed by atoms with Crippen LogP contribution in [-0.4, -0.2) is 58.4 Å². The molecule has 0 spiro atoms. The molecule has 0 unspecified atom stereocenters. The first-order valence-electron chi connectivity index (χ1n) is 6.69. The molecule has 5 nitrogen and oxygen atoms in total. The molecule has 0 saturated carbocycles. The highest BCUT2D eigenvalue weighted by molar-refractivity contribution is 7.89. The number of rotatable bonds is 5. The van der Waals surface area contributed by atoms with Gasteiger partial charge in [0.05, 0.1) is 11.4 Å². The van der Waals surface area contributed by atoms with Crippen molar-refractivity contribution in [2.75, 3.05) is 40.8 Å². The Kier molecular flexibility index (Phi) is 6.37. The van der Waals surface area contributed by atoms with Crippen molar-refractivity contribution in [3.63, 3.8) is 0 Å². The Morgan fingerprint density at radius 3 is 2.38 bits per heavy atom. The van der Waals surface area contributed by atoms with Gasteiger partial charge in [-0.1, -0.05) is 11.8 Å². The van der Waals surface area contributed by atoms with E-state index in [9.17, 15) is 8.42 Å². The maximum atomic E-state index is 12.5. The van der Waals surface area contributed by atoms with E-state index in [0.717, 1.165) is 11.1 Å². The van der Waals surface area contributed by atoms with E-state index in [-0.39, 0.29) is 6.54 Å². The monoisotopic (exact) mass is 309 g/mol. The standard InChI is InChI=1S/C15H23N3O2S/c1-13-12-15(8-7-14(13)6-5-9-16)21(19,20)18(4)11-10-17(2)3/h7-8,12H,9-11,16H2,1-4H3. The molecule has 1 aromatic rings. The predicted octanol–water partition coefficient (Wildman–Crippen LogP) is 0.487. The minimum absolute atomic E-state index is 0.284. The molecule has 0 aromatic heterocycles. The molecule has 0 atom stereocenters. The van der Waals surface area contributed by atoms with Gasteiger partial charge in [0.1, 0.15) is 0 Å². The van der Waals surface area contributed by atoms with E-state index in [4.69, 9.17) is 5.73 Å². The lowest BCUT2D eigenvalue weighted by atomic mass is 10.1. The van der Waals surface area contributed by atoms with Gasteiger partial charge in [0.15, 0.2) is 0 Å². The molecule has 2 N–H and O–H groups in total. The first-order valence-corrected chi connectivity index (χ1v) is 8.13. The third-order valence-electron chi connectivity index (χ3n) is 3.09. The zero-order chi connectivity index (χ0) is 16.0. The molecule has 116 valence electrons. The summed E-state index contributed by atoms with van der Waals surface area (Å²) in [7, 11) is 1.96. The van der Waals surface area contributed by atoms with E-state index in [1.807, 2.05) is 25.9 Å². The number of benzene rings is 1. The predicted molar refractivity (Wildman–Crippen MR) is 85.5 cm³/mol. The number of nitrogens with zero attached hydrogens (tertiary/aromatic N) is 2. The summed E-state index contributed by atoms with van der Waals surface area (Å²) in [6, 6.07) is 4.97. The average Bonchev–Trinajstić information content (AvgIpc) is 2.43. The number of hydrogen-bond donors (Lipinski definition) is 1. The number of sulfonamides is 1. The van der Waals surface area contributed by atoms with Crippen LogP contribution in [0.2, 0.25) is 0 Å². The normalized spacial score (nSPS) is 11.6. The summed E-state index contributed by atoms with van der Waals surface area (Å²) < 4.78 is 26.3. The molecule has 0 fully saturated rings. The van der Waals surface area contributed by atoms with E-state index in [1.165, 1.54) is 4.31 Å². The highest BCUT2D eigenvalue weighted by Crippen LogP contribution is 2.18. The molecule has 0 aliphatic rings. The van der Waals surface area contributed by atoms with Crippen LogP contribution in [0.5, 0.6) is 0 Å². The summed E-state index contributed by atoms with van der Waals surface area (Å²) in [6.07, 6.45) is 0. The third-order valence-corrected chi connectivity index (χ3v) is 4.95. The third kappa shape index (κ3) is 4.83. The maximum absolute atomic E-state index is 12.5. The van der Waals surface area contributed by atoms with Crippen molar-refractivity contribution in [2.24, 2.45) is 5.73 Å². The molecule has 21 heavy (non-hydrogen) atoms. The fourth-order valence-electron chi connectivity index (χ4n) is 1.72. The zero-order valence-electron chi connectivity index (χ0n) is 13.0. The number of likely N-dealkylation sites (N-methyl/N-ethyl adjacent to an activating group) is 2. The molecule has 0 saturated heterocycles. The van der Waals surface area contributed by atoms with Crippen LogP contribution in [0.15, 0.2) is 23.1 Å². The van der Waals surface area contributed by atoms with E-state index >= 15 is 0 Å². The zero-order valence-corrected chi connectivity index (χ0v) is 13.9. The summed E-state index contributed by atoms with van der Waals surface area (Å²) in [5.74, 6) is 5.70. The van der Waals surface area contributed by atoms with Crippen LogP contribution in [-0.2, 0) is 10.0 Å². The Hall–Kier alpha value is -1.39. The molecule has 0 radical (unpaired) electrons. The Bertz CT molecular complexity index is 643. The Morgan fingerprint density at radius 2 is 1.86 bits per heavy atom. The van der Waals surface area contributed by atoms with Crippen molar-refractivity contribution in [3.05, 3.63) is 29.3 Å². The summed E-state index contributed by atoms with van der Waals surface area (Å²) in [4.78, 5) is 2.24. The van der Waals surface area contributed by atoms with E-state index in [2.05, 4.69) is 11.8 Å². The Labute approximate surface area is 127 Å². The van der Waals surface area contributed by atoms with Crippen molar-refractivity contribution in [1.29, 1.82) is 0 Å². The van der Waals surface area contributed by atoms with Crippen LogP contribution in [0.4, 0.5) is 0 Å². The molecule has 1 rings (SSSR count). The minimum atomic E-state index is -3.46. The summed E-state index contributed by atoms with van der Waals surface area (Å²) in [5, 5.41) is 0. The van der Waals surface area contributed by atoms with Crippen LogP contribution in [0, 0.1) is 18.8 Å². The average molecular weight is 309 g/mol. The first-order chi connectivity index (χ1) is 9.78. The van der Waals surface area contributed by atoms with Gasteiger partial charge in [-0.2, -0.15) is 4.31 Å². The lowest BCUT2D eigenvalue weighted by Gasteiger charge is -2.19. The number of nitrogens with two attached hydrogens (primary N) is 1. The molecule has 6 heteroatoms. The SMILES string of the molecule is Cc1cc(S(=O)(=O)N(C)CCN(C)C)ccc1C#CCN. The highest BCUT2D eigenvalue weighted by Gasteiger charge is 2.21. The first kappa shape index (κ1) is 17.7. The van der Waals surface area contributed by atoms with Gasteiger partial charge in [0.25, 0.3) is 0 Å². The van der Waals surface area contributed by atoms with E-state index in [1.54, 1.807) is 25.2 Å². The number of aryl methyl sites for hydroxylation is 1. The summed E-state index contributed by atoms with van der Waals surface area (Å²) >= 11 is 0. The second kappa shape index (κ2) is 7.57. The van der Waals surface area contributed by atoms with Crippen LogP contribution in [0.1, 0.15) is 11.1 Å². The van der Waals surface area contributed by atoms with Crippen LogP contribution < -0.4 is 5.73 Å². The smallest absolute Gasteiger partial charge is 0.242 e. The van der Waals surface area contributed by atoms with Gasteiger partial charge >= 0.3 is 0 Å². The topological polar surface area (TPSA) is 66.6 Å². The van der Waals surface area contributed by atoms with Crippen molar-refractivity contribution < 1.29 is 8.42 Å². The molecule has 1 aromatic carbocycles. The molecule has 0 aliphatic carbocycles. The van der Waals surface area contributed by atoms with Crippen molar-refractivity contribution in [2.45, 2.75) is 11.8 Å². The Balaban J connectivity index is 3.01. The summed E-state index contributed by atoms with van der Waals surface area (Å²) in [6.45, 7) is 3.25. The Morgan fingerprint density at radius 1 is 1.19 bits per heavy atom. The van der Waals surface area contributed by atoms with E-state index in [0.29, 0.717) is 18.0 Å². The van der Waals surface area contributed by atoms with Gasteiger partial charge in [-0.25, -0.2) is 8.42 Å². The highest BCUT2D eigenvalue weighted by atomic mass is 32.2. The summed E-state index contributed by atoms with van der Waals surface area (Å²) in [5.41, 5.74) is 6.98. The molecule has 0 heterocycles. The fraction of sp³-hybridized carbons (Fsp3) is 0.467. The van der Waals surface area contributed by atoms with Gasteiger partial charge in [-0.3, -0.25) is 0 Å². The van der Waals surface area contributed by atoms with Crippen LogP contribution >= 0.6 is 0 Å². The second-order valence-corrected chi connectivity index (χ2v) is 7.16. The molecule has 0 aliphatic heterocycles. The lowest BCUT2D eigenvalue weighted by Crippen LogP contribution is -2.33. The van der Waals surface area contributed by atoms with Gasteiger partial charge in [0.2, 0.25) is 10.0 Å². The van der Waals surface area contributed by atoms with Crippen molar-refractivity contribution in [3.8, 4) is 11.8 Å². The fourth-order valence-corrected chi connectivity index (χ4v) is 2.97. The van der Waals surface area contributed by atoms with Gasteiger partial charge in [-0.15, -0.1) is 0 Å². The van der Waals surface area contributed by atoms with Gasteiger partial charge in [-0.05, 0) is 44.8 Å². The van der Waals surface area contributed by atoms with Crippen molar-refractivity contribution in [1.82, 2.24) is 9.21 Å². The van der Waals surface area contributed by atoms with Crippen LogP contribution in [0.3, 0.4) is 0 Å². The maximum Gasteiger partial charge on any atom is 0.242 e. The van der Waals surface area contributed by atoms with Gasteiger partial charge in [0, 0.05) is 25.7 Å². The quantitative estimate of drug-likeness (QED) is 0.804. The van der Waals surface area contributed by atoms with Crippen LogP contribution in [0.25, 0.3) is 0 Å². The molecular weight excluding hydrogens is 286 g/mol. The largest absolute Gasteiger partial charge is 0.320 e. The van der Waals surface area contributed by atoms with Crippen molar-refractivity contribution >= 4 is 10.0 Å².